The molecule has 1 aliphatic carbocycles. The van der Waals surface area contributed by atoms with E-state index in [-0.39, 0.29) is 6.42 Å². The van der Waals surface area contributed by atoms with Crippen molar-refractivity contribution in [3.05, 3.63) is 0 Å². The van der Waals surface area contributed by atoms with E-state index < -0.39 is 12.1 Å². The van der Waals surface area contributed by atoms with E-state index in [1.807, 2.05) is 0 Å². The van der Waals surface area contributed by atoms with Crippen LogP contribution in [0.3, 0.4) is 0 Å². The van der Waals surface area contributed by atoms with Crippen molar-refractivity contribution in [1.29, 1.82) is 0 Å². The lowest BCUT2D eigenvalue weighted by molar-refractivity contribution is -0.138. The van der Waals surface area contributed by atoms with E-state index in [9.17, 15) is 9.90 Å². The Hall–Kier alpha value is -0.220. The van der Waals surface area contributed by atoms with E-state index in [1.54, 1.807) is 11.8 Å². The number of aliphatic carboxylic acids is 1. The molecule has 3 nitrogen and oxygen atoms in total. The number of hydrogen-bond donors (Lipinski definition) is 2. The number of rotatable bonds is 5. The molecule has 1 aliphatic rings. The van der Waals surface area contributed by atoms with Crippen molar-refractivity contribution < 1.29 is 15.0 Å². The minimum absolute atomic E-state index is 0.125. The molecular formula is C10H18O3S. The van der Waals surface area contributed by atoms with Crippen LogP contribution in [-0.2, 0) is 4.79 Å². The first-order chi connectivity index (χ1) is 6.68. The summed E-state index contributed by atoms with van der Waals surface area (Å²) in [6.07, 6.45) is 5.54. The summed E-state index contributed by atoms with van der Waals surface area (Å²) in [6.45, 7) is 0. The number of hydrogen-bond acceptors (Lipinski definition) is 3. The van der Waals surface area contributed by atoms with E-state index in [0.29, 0.717) is 11.0 Å². The molecule has 1 unspecified atom stereocenters. The maximum atomic E-state index is 10.3. The molecular weight excluding hydrogens is 200 g/mol. The van der Waals surface area contributed by atoms with Gasteiger partial charge in [-0.2, -0.15) is 11.8 Å². The summed E-state index contributed by atoms with van der Waals surface area (Å²) in [5.74, 6) is -0.349. The topological polar surface area (TPSA) is 57.5 Å². The fraction of sp³-hybridized carbons (Fsp3) is 0.900. The average Bonchev–Trinajstić information content (AvgIpc) is 2.15. The molecule has 1 rings (SSSR count). The van der Waals surface area contributed by atoms with Crippen molar-refractivity contribution in [1.82, 2.24) is 0 Å². The molecule has 0 amide bonds. The molecule has 0 aromatic rings. The summed E-state index contributed by atoms with van der Waals surface area (Å²) >= 11 is 1.73. The van der Waals surface area contributed by atoms with E-state index in [1.165, 1.54) is 32.1 Å². The number of aliphatic hydroxyl groups excluding tert-OH is 1. The molecule has 0 aromatic carbocycles. The maximum Gasteiger partial charge on any atom is 0.306 e. The van der Waals surface area contributed by atoms with Gasteiger partial charge >= 0.3 is 5.97 Å². The highest BCUT2D eigenvalue weighted by Gasteiger charge is 2.16. The molecule has 2 N–H and O–H groups in total. The number of aliphatic hydroxyl groups is 1. The molecule has 1 fully saturated rings. The summed E-state index contributed by atoms with van der Waals surface area (Å²) < 4.78 is 0. The van der Waals surface area contributed by atoms with Crippen LogP contribution in [0.5, 0.6) is 0 Å². The Morgan fingerprint density at radius 3 is 2.57 bits per heavy atom. The van der Waals surface area contributed by atoms with Crippen molar-refractivity contribution in [2.45, 2.75) is 49.9 Å². The van der Waals surface area contributed by atoms with Crippen molar-refractivity contribution >= 4 is 17.7 Å². The molecule has 0 aliphatic heterocycles. The van der Waals surface area contributed by atoms with E-state index in [4.69, 9.17) is 5.11 Å². The minimum atomic E-state index is -0.915. The second-order valence-corrected chi connectivity index (χ2v) is 5.18. The molecule has 1 atom stereocenters. The zero-order chi connectivity index (χ0) is 10.4. The lowest BCUT2D eigenvalue weighted by Gasteiger charge is -2.21. The second kappa shape index (κ2) is 6.30. The van der Waals surface area contributed by atoms with Gasteiger partial charge in [-0.05, 0) is 12.8 Å². The van der Waals surface area contributed by atoms with Crippen molar-refractivity contribution in [2.24, 2.45) is 0 Å². The van der Waals surface area contributed by atoms with Crippen LogP contribution in [0.2, 0.25) is 0 Å². The largest absolute Gasteiger partial charge is 0.481 e. The first-order valence-corrected chi connectivity index (χ1v) is 6.25. The van der Waals surface area contributed by atoms with Gasteiger partial charge in [0.2, 0.25) is 0 Å². The molecule has 0 bridgehead atoms. The Morgan fingerprint density at radius 2 is 2.00 bits per heavy atom. The number of carboxylic acids is 1. The first-order valence-electron chi connectivity index (χ1n) is 5.20. The van der Waals surface area contributed by atoms with E-state index >= 15 is 0 Å². The Morgan fingerprint density at radius 1 is 1.36 bits per heavy atom. The zero-order valence-corrected chi connectivity index (χ0v) is 9.13. The highest BCUT2D eigenvalue weighted by atomic mass is 32.2. The summed E-state index contributed by atoms with van der Waals surface area (Å²) in [7, 11) is 0. The van der Waals surface area contributed by atoms with Gasteiger partial charge in [-0.15, -0.1) is 0 Å². The molecule has 0 heterocycles. The molecule has 14 heavy (non-hydrogen) atoms. The van der Waals surface area contributed by atoms with Gasteiger partial charge in [-0.25, -0.2) is 0 Å². The SMILES string of the molecule is O=C(O)CC(O)CSC1CCCCC1. The van der Waals surface area contributed by atoms with Gasteiger partial charge in [0.15, 0.2) is 0 Å². The minimum Gasteiger partial charge on any atom is -0.481 e. The molecule has 4 heteroatoms. The fourth-order valence-electron chi connectivity index (χ4n) is 1.74. The van der Waals surface area contributed by atoms with Gasteiger partial charge in [-0.3, -0.25) is 4.79 Å². The Labute approximate surface area is 88.9 Å². The molecule has 1 saturated carbocycles. The highest BCUT2D eigenvalue weighted by molar-refractivity contribution is 7.99. The van der Waals surface area contributed by atoms with Crippen molar-refractivity contribution in [2.75, 3.05) is 5.75 Å². The number of carboxylic acid groups (broad SMARTS) is 1. The number of thioether (sulfide) groups is 1. The van der Waals surface area contributed by atoms with Crippen LogP contribution in [0.15, 0.2) is 0 Å². The smallest absolute Gasteiger partial charge is 0.306 e. The van der Waals surface area contributed by atoms with Crippen LogP contribution >= 0.6 is 11.8 Å². The number of carbonyl (C=O) groups is 1. The van der Waals surface area contributed by atoms with Gasteiger partial charge in [0.05, 0.1) is 12.5 Å². The van der Waals surface area contributed by atoms with Gasteiger partial charge in [0, 0.05) is 11.0 Å². The van der Waals surface area contributed by atoms with Gasteiger partial charge < -0.3 is 10.2 Å². The summed E-state index contributed by atoms with van der Waals surface area (Å²) in [5.41, 5.74) is 0. The Balaban J connectivity index is 2.09. The fourth-order valence-corrected chi connectivity index (χ4v) is 3.02. The average molecular weight is 218 g/mol. The standard InChI is InChI=1S/C10H18O3S/c11-8(6-10(12)13)7-14-9-4-2-1-3-5-9/h8-9,11H,1-7H2,(H,12,13). The van der Waals surface area contributed by atoms with E-state index in [2.05, 4.69) is 0 Å². The Bertz CT molecular complexity index is 178. The van der Waals surface area contributed by atoms with Crippen LogP contribution < -0.4 is 0 Å². The van der Waals surface area contributed by atoms with Gasteiger partial charge in [-0.1, -0.05) is 19.3 Å². The van der Waals surface area contributed by atoms with Gasteiger partial charge in [0.25, 0.3) is 0 Å². The maximum absolute atomic E-state index is 10.3. The molecule has 0 radical (unpaired) electrons. The summed E-state index contributed by atoms with van der Waals surface area (Å²) in [4.78, 5) is 10.3. The van der Waals surface area contributed by atoms with Crippen LogP contribution in [-0.4, -0.2) is 33.3 Å². The zero-order valence-electron chi connectivity index (χ0n) is 8.32. The van der Waals surface area contributed by atoms with Crippen LogP contribution in [0.25, 0.3) is 0 Å². The molecule has 0 aromatic heterocycles. The van der Waals surface area contributed by atoms with Crippen molar-refractivity contribution in [3.63, 3.8) is 0 Å². The second-order valence-electron chi connectivity index (χ2n) is 3.85. The highest BCUT2D eigenvalue weighted by Crippen LogP contribution is 2.28. The van der Waals surface area contributed by atoms with Crippen LogP contribution in [0, 0.1) is 0 Å². The predicted molar refractivity (Wildman–Crippen MR) is 57.6 cm³/mol. The Kier molecular flexibility index (Phi) is 5.33. The lowest BCUT2D eigenvalue weighted by atomic mass is 10.0. The quantitative estimate of drug-likeness (QED) is 0.740. The van der Waals surface area contributed by atoms with E-state index in [0.717, 1.165) is 0 Å². The normalized spacial score (nSPS) is 20.6. The van der Waals surface area contributed by atoms with Crippen LogP contribution in [0.1, 0.15) is 38.5 Å². The first kappa shape index (κ1) is 11.9. The summed E-state index contributed by atoms with van der Waals surface area (Å²) in [5, 5.41) is 18.4. The third-order valence-corrected chi connectivity index (χ3v) is 4.01. The van der Waals surface area contributed by atoms with Gasteiger partial charge in [0.1, 0.15) is 0 Å². The molecule has 82 valence electrons. The molecule has 0 saturated heterocycles. The third-order valence-electron chi connectivity index (χ3n) is 2.49. The van der Waals surface area contributed by atoms with Crippen LogP contribution in [0.4, 0.5) is 0 Å². The third kappa shape index (κ3) is 4.86. The predicted octanol–water partition coefficient (Wildman–Crippen LogP) is 1.89. The lowest BCUT2D eigenvalue weighted by Crippen LogP contribution is -2.18. The van der Waals surface area contributed by atoms with Crippen molar-refractivity contribution in [3.8, 4) is 0 Å². The molecule has 0 spiro atoms. The summed E-state index contributed by atoms with van der Waals surface area (Å²) in [6, 6.07) is 0. The monoisotopic (exact) mass is 218 g/mol.